The molecule has 0 spiro atoms. The average Bonchev–Trinajstić information content (AvgIpc) is 2.66. The first-order valence-electron chi connectivity index (χ1n) is 9.04. The quantitative estimate of drug-likeness (QED) is 0.832. The van der Waals surface area contributed by atoms with Gasteiger partial charge in [0.1, 0.15) is 5.69 Å². The molecule has 0 atom stereocenters. The number of amides is 1. The second-order valence-corrected chi connectivity index (χ2v) is 7.01. The molecule has 2 aliphatic rings. The highest BCUT2D eigenvalue weighted by molar-refractivity contribution is 5.92. The number of nitrogens with zero attached hydrogens (tertiary/aromatic N) is 2. The van der Waals surface area contributed by atoms with Crippen molar-refractivity contribution < 1.29 is 4.79 Å². The van der Waals surface area contributed by atoms with Crippen LogP contribution in [-0.4, -0.2) is 51.4 Å². The minimum absolute atomic E-state index is 0.0594. The van der Waals surface area contributed by atoms with Gasteiger partial charge in [0, 0.05) is 38.3 Å². The van der Waals surface area contributed by atoms with Gasteiger partial charge in [0.15, 0.2) is 0 Å². The van der Waals surface area contributed by atoms with E-state index in [1.165, 1.54) is 11.1 Å². The molecular formula is C19H22N4O3. The van der Waals surface area contributed by atoms with Gasteiger partial charge in [-0.05, 0) is 30.4 Å². The monoisotopic (exact) mass is 354 g/mol. The highest BCUT2D eigenvalue weighted by Crippen LogP contribution is 2.25. The summed E-state index contributed by atoms with van der Waals surface area (Å²) in [5.74, 6) is -0.282. The van der Waals surface area contributed by atoms with Crippen LogP contribution in [0, 0.1) is 0 Å². The largest absolute Gasteiger partial charge is 0.337 e. The molecule has 0 bridgehead atoms. The van der Waals surface area contributed by atoms with Crippen molar-refractivity contribution in [1.82, 2.24) is 19.8 Å². The first-order chi connectivity index (χ1) is 12.6. The predicted molar refractivity (Wildman–Crippen MR) is 97.2 cm³/mol. The van der Waals surface area contributed by atoms with Crippen molar-refractivity contribution in [2.75, 3.05) is 19.6 Å². The second kappa shape index (κ2) is 6.92. The minimum Gasteiger partial charge on any atom is -0.337 e. The molecule has 2 aromatic rings. The van der Waals surface area contributed by atoms with Crippen LogP contribution in [0.25, 0.3) is 0 Å². The Morgan fingerprint density at radius 1 is 1.00 bits per heavy atom. The molecule has 0 unspecified atom stereocenters. The second-order valence-electron chi connectivity index (χ2n) is 7.01. The van der Waals surface area contributed by atoms with Gasteiger partial charge in [0.2, 0.25) is 0 Å². The molecular weight excluding hydrogens is 332 g/mol. The maximum absolute atomic E-state index is 12.5. The van der Waals surface area contributed by atoms with Gasteiger partial charge in [0.05, 0.1) is 0 Å². The fourth-order valence-corrected chi connectivity index (χ4v) is 4.02. The fourth-order valence-electron chi connectivity index (χ4n) is 4.02. The third kappa shape index (κ3) is 3.35. The first-order valence-corrected chi connectivity index (χ1v) is 9.04. The molecule has 2 aliphatic heterocycles. The van der Waals surface area contributed by atoms with Crippen molar-refractivity contribution in [2.24, 2.45) is 0 Å². The predicted octanol–water partition coefficient (Wildman–Crippen LogP) is 0.726. The number of carbonyl (C=O) groups excluding carboxylic acids is 1. The van der Waals surface area contributed by atoms with Crippen LogP contribution in [0.4, 0.5) is 0 Å². The number of nitrogens with one attached hydrogen (secondary N) is 2. The maximum atomic E-state index is 12.5. The van der Waals surface area contributed by atoms with Crippen LogP contribution in [0.1, 0.15) is 34.5 Å². The third-order valence-electron chi connectivity index (χ3n) is 5.42. The van der Waals surface area contributed by atoms with Gasteiger partial charge in [-0.15, -0.1) is 0 Å². The van der Waals surface area contributed by atoms with Crippen LogP contribution < -0.4 is 11.2 Å². The Hall–Kier alpha value is -2.67. The lowest BCUT2D eigenvalue weighted by Crippen LogP contribution is -2.48. The summed E-state index contributed by atoms with van der Waals surface area (Å²) in [6, 6.07) is 10.2. The zero-order valence-corrected chi connectivity index (χ0v) is 14.5. The van der Waals surface area contributed by atoms with Gasteiger partial charge >= 0.3 is 5.69 Å². The van der Waals surface area contributed by atoms with E-state index in [0.29, 0.717) is 19.1 Å². The number of H-pyrrole nitrogens is 2. The SMILES string of the molecule is O=C(c1cc(=O)[nH]c(=O)[nH]1)N1CCC(N2CCc3ccccc3C2)CC1. The van der Waals surface area contributed by atoms with Crippen molar-refractivity contribution >= 4 is 5.91 Å². The van der Waals surface area contributed by atoms with E-state index >= 15 is 0 Å². The number of aromatic amines is 2. The highest BCUT2D eigenvalue weighted by atomic mass is 16.2. The molecule has 1 aromatic carbocycles. The van der Waals surface area contributed by atoms with Crippen molar-refractivity contribution in [1.29, 1.82) is 0 Å². The van der Waals surface area contributed by atoms with Gasteiger partial charge < -0.3 is 9.88 Å². The lowest BCUT2D eigenvalue weighted by atomic mass is 9.95. The van der Waals surface area contributed by atoms with Gasteiger partial charge in [0.25, 0.3) is 11.5 Å². The third-order valence-corrected chi connectivity index (χ3v) is 5.42. The molecule has 1 saturated heterocycles. The van der Waals surface area contributed by atoms with Crippen LogP contribution in [0.5, 0.6) is 0 Å². The van der Waals surface area contributed by atoms with Crippen LogP contribution in [0.3, 0.4) is 0 Å². The molecule has 26 heavy (non-hydrogen) atoms. The lowest BCUT2D eigenvalue weighted by molar-refractivity contribution is 0.0593. The van der Waals surface area contributed by atoms with Gasteiger partial charge in [-0.2, -0.15) is 0 Å². The molecule has 7 nitrogen and oxygen atoms in total. The maximum Gasteiger partial charge on any atom is 0.326 e. The van der Waals surface area contributed by atoms with Crippen LogP contribution in [-0.2, 0) is 13.0 Å². The average molecular weight is 354 g/mol. The molecule has 1 amide bonds. The zero-order chi connectivity index (χ0) is 18.1. The Bertz CT molecular complexity index is 896. The molecule has 7 heteroatoms. The number of rotatable bonds is 2. The summed E-state index contributed by atoms with van der Waals surface area (Å²) < 4.78 is 0. The standard InChI is InChI=1S/C19H22N4O3/c24-17-11-16(20-19(26)21-17)18(25)22-9-6-15(7-10-22)23-8-5-13-3-1-2-4-14(13)12-23/h1-4,11,15H,5-10,12H2,(H2,20,21,24,26). The summed E-state index contributed by atoms with van der Waals surface area (Å²) in [5.41, 5.74) is 1.69. The Kier molecular flexibility index (Phi) is 4.46. The lowest BCUT2D eigenvalue weighted by Gasteiger charge is -2.40. The molecule has 3 heterocycles. The highest BCUT2D eigenvalue weighted by Gasteiger charge is 2.29. The number of piperidine rings is 1. The van der Waals surface area contributed by atoms with Crippen LogP contribution >= 0.6 is 0 Å². The van der Waals surface area contributed by atoms with Crippen LogP contribution in [0.15, 0.2) is 39.9 Å². The Balaban J connectivity index is 1.39. The number of likely N-dealkylation sites (tertiary alicyclic amines) is 1. The fraction of sp³-hybridized carbons (Fsp3) is 0.421. The van der Waals surface area contributed by atoms with Crippen molar-refractivity contribution in [3.05, 3.63) is 68.0 Å². The molecule has 1 fully saturated rings. The first kappa shape index (κ1) is 16.8. The van der Waals surface area contributed by atoms with E-state index in [1.54, 1.807) is 4.90 Å². The summed E-state index contributed by atoms with van der Waals surface area (Å²) in [4.78, 5) is 44.0. The summed E-state index contributed by atoms with van der Waals surface area (Å²) in [6.45, 7) is 3.29. The summed E-state index contributed by atoms with van der Waals surface area (Å²) in [5, 5.41) is 0. The van der Waals surface area contributed by atoms with E-state index in [1.807, 2.05) is 0 Å². The molecule has 136 valence electrons. The zero-order valence-electron chi connectivity index (χ0n) is 14.5. The molecule has 0 aliphatic carbocycles. The molecule has 4 rings (SSSR count). The van der Waals surface area contributed by atoms with E-state index in [2.05, 4.69) is 39.1 Å². The molecule has 1 aromatic heterocycles. The molecule has 0 radical (unpaired) electrons. The topological polar surface area (TPSA) is 89.3 Å². The molecule has 2 N–H and O–H groups in total. The van der Waals surface area contributed by atoms with E-state index in [4.69, 9.17) is 0 Å². The van der Waals surface area contributed by atoms with Crippen molar-refractivity contribution in [3.8, 4) is 0 Å². The number of hydrogen-bond donors (Lipinski definition) is 2. The van der Waals surface area contributed by atoms with Crippen LogP contribution in [0.2, 0.25) is 0 Å². The van der Waals surface area contributed by atoms with Crippen molar-refractivity contribution in [3.63, 3.8) is 0 Å². The Labute approximate surface area is 150 Å². The molecule has 0 saturated carbocycles. The number of carbonyl (C=O) groups is 1. The van der Waals surface area contributed by atoms with E-state index in [-0.39, 0.29) is 11.6 Å². The summed E-state index contributed by atoms with van der Waals surface area (Å²) in [6.07, 6.45) is 2.88. The number of hydrogen-bond acceptors (Lipinski definition) is 4. The summed E-state index contributed by atoms with van der Waals surface area (Å²) >= 11 is 0. The van der Waals surface area contributed by atoms with E-state index in [9.17, 15) is 14.4 Å². The van der Waals surface area contributed by atoms with Gasteiger partial charge in [-0.25, -0.2) is 4.79 Å². The normalized spacial score (nSPS) is 18.5. The number of aromatic nitrogens is 2. The Morgan fingerprint density at radius 3 is 2.46 bits per heavy atom. The van der Waals surface area contributed by atoms with Gasteiger partial charge in [-0.3, -0.25) is 19.5 Å². The number of benzene rings is 1. The van der Waals surface area contributed by atoms with E-state index in [0.717, 1.165) is 38.4 Å². The minimum atomic E-state index is -0.650. The van der Waals surface area contributed by atoms with Gasteiger partial charge in [-0.1, -0.05) is 24.3 Å². The van der Waals surface area contributed by atoms with E-state index < -0.39 is 11.2 Å². The smallest absolute Gasteiger partial charge is 0.326 e. The van der Waals surface area contributed by atoms with Crippen molar-refractivity contribution in [2.45, 2.75) is 31.8 Å². The Morgan fingerprint density at radius 2 is 1.73 bits per heavy atom. The summed E-state index contributed by atoms with van der Waals surface area (Å²) in [7, 11) is 0. The number of fused-ring (bicyclic) bond motifs is 1.